The van der Waals surface area contributed by atoms with Gasteiger partial charge in [0.1, 0.15) is 0 Å². The summed E-state index contributed by atoms with van der Waals surface area (Å²) >= 11 is 0. The predicted molar refractivity (Wildman–Crippen MR) is 85.1 cm³/mol. The highest BCUT2D eigenvalue weighted by atomic mass is 16.5. The zero-order valence-corrected chi connectivity index (χ0v) is 13.0. The fourth-order valence-corrected chi connectivity index (χ4v) is 2.44. The molecule has 1 saturated heterocycles. The summed E-state index contributed by atoms with van der Waals surface area (Å²) in [6, 6.07) is 7.30. The van der Waals surface area contributed by atoms with E-state index in [-0.39, 0.29) is 12.1 Å². The molecule has 0 unspecified atom stereocenters. The van der Waals surface area contributed by atoms with E-state index in [1.165, 1.54) is 0 Å². The van der Waals surface area contributed by atoms with Crippen LogP contribution in [-0.4, -0.2) is 35.4 Å². The van der Waals surface area contributed by atoms with Crippen LogP contribution >= 0.6 is 0 Å². The number of amides is 2. The van der Waals surface area contributed by atoms with E-state index >= 15 is 0 Å². The van der Waals surface area contributed by atoms with Gasteiger partial charge in [-0.05, 0) is 31.0 Å². The van der Waals surface area contributed by atoms with E-state index in [4.69, 9.17) is 9.26 Å². The van der Waals surface area contributed by atoms with Crippen molar-refractivity contribution in [2.24, 2.45) is 0 Å². The van der Waals surface area contributed by atoms with Gasteiger partial charge in [0.15, 0.2) is 5.82 Å². The lowest BCUT2D eigenvalue weighted by molar-refractivity contribution is 0.0806. The molecule has 0 saturated carbocycles. The average molecular weight is 316 g/mol. The minimum absolute atomic E-state index is 0.162. The number of benzene rings is 1. The minimum atomic E-state index is -0.214. The maximum atomic E-state index is 12.1. The number of carbonyl (C=O) groups is 1. The summed E-state index contributed by atoms with van der Waals surface area (Å²) in [6.45, 7) is 3.35. The van der Waals surface area contributed by atoms with Crippen LogP contribution in [0.25, 0.3) is 11.5 Å². The zero-order valence-electron chi connectivity index (χ0n) is 13.0. The molecule has 3 rings (SSSR count). The molecule has 2 N–H and O–H groups in total. The number of rotatable bonds is 4. The van der Waals surface area contributed by atoms with Crippen LogP contribution in [-0.2, 0) is 11.2 Å². The van der Waals surface area contributed by atoms with Gasteiger partial charge in [0.05, 0.1) is 0 Å². The van der Waals surface area contributed by atoms with Gasteiger partial charge < -0.3 is 19.9 Å². The number of hydrogen-bond donors (Lipinski definition) is 2. The van der Waals surface area contributed by atoms with Gasteiger partial charge in [0.25, 0.3) is 5.89 Å². The van der Waals surface area contributed by atoms with Crippen molar-refractivity contribution >= 4 is 11.7 Å². The van der Waals surface area contributed by atoms with E-state index in [9.17, 15) is 4.79 Å². The van der Waals surface area contributed by atoms with Crippen molar-refractivity contribution in [3.63, 3.8) is 0 Å². The number of urea groups is 1. The lowest BCUT2D eigenvalue weighted by atomic mass is 10.1. The Kier molecular flexibility index (Phi) is 4.87. The molecule has 0 bridgehead atoms. The van der Waals surface area contributed by atoms with Crippen LogP contribution in [0, 0.1) is 0 Å². The highest BCUT2D eigenvalue weighted by molar-refractivity contribution is 5.90. The molecule has 0 radical (unpaired) electrons. The van der Waals surface area contributed by atoms with Crippen LogP contribution in [0.3, 0.4) is 0 Å². The molecule has 7 nitrogen and oxygen atoms in total. The molecule has 1 aliphatic heterocycles. The van der Waals surface area contributed by atoms with E-state index in [0.29, 0.717) is 30.6 Å². The van der Waals surface area contributed by atoms with Gasteiger partial charge in [0, 0.05) is 36.9 Å². The quantitative estimate of drug-likeness (QED) is 0.905. The van der Waals surface area contributed by atoms with Gasteiger partial charge in [0.2, 0.25) is 0 Å². The van der Waals surface area contributed by atoms with Gasteiger partial charge in [-0.3, -0.25) is 0 Å². The van der Waals surface area contributed by atoms with Gasteiger partial charge in [-0.15, -0.1) is 0 Å². The number of ether oxygens (including phenoxy) is 1. The largest absolute Gasteiger partial charge is 0.381 e. The SMILES string of the molecule is CCc1noc(-c2cccc(NC(=O)NC3CCOCC3)c2)n1. The van der Waals surface area contributed by atoms with Gasteiger partial charge in [-0.2, -0.15) is 4.98 Å². The summed E-state index contributed by atoms with van der Waals surface area (Å²) < 4.78 is 10.5. The zero-order chi connectivity index (χ0) is 16.1. The van der Waals surface area contributed by atoms with Crippen molar-refractivity contribution in [2.75, 3.05) is 18.5 Å². The summed E-state index contributed by atoms with van der Waals surface area (Å²) in [6.07, 6.45) is 2.40. The normalized spacial score (nSPS) is 15.3. The second-order valence-electron chi connectivity index (χ2n) is 5.44. The Morgan fingerprint density at radius 3 is 2.91 bits per heavy atom. The van der Waals surface area contributed by atoms with Crippen molar-refractivity contribution in [2.45, 2.75) is 32.2 Å². The van der Waals surface area contributed by atoms with E-state index in [1.807, 2.05) is 31.2 Å². The number of aromatic nitrogens is 2. The van der Waals surface area contributed by atoms with Crippen LogP contribution < -0.4 is 10.6 Å². The smallest absolute Gasteiger partial charge is 0.319 e. The van der Waals surface area contributed by atoms with Crippen molar-refractivity contribution in [1.82, 2.24) is 15.5 Å². The molecular formula is C16H20N4O3. The second kappa shape index (κ2) is 7.23. The third-order valence-corrected chi connectivity index (χ3v) is 3.71. The number of carbonyl (C=O) groups excluding carboxylic acids is 1. The van der Waals surface area contributed by atoms with E-state index < -0.39 is 0 Å². The van der Waals surface area contributed by atoms with Crippen LogP contribution in [0.2, 0.25) is 0 Å². The van der Waals surface area contributed by atoms with E-state index in [0.717, 1.165) is 24.8 Å². The summed E-state index contributed by atoms with van der Waals surface area (Å²) in [4.78, 5) is 16.4. The number of nitrogens with one attached hydrogen (secondary N) is 2. The monoisotopic (exact) mass is 316 g/mol. The molecule has 0 aliphatic carbocycles. The molecule has 7 heteroatoms. The van der Waals surface area contributed by atoms with E-state index in [2.05, 4.69) is 20.8 Å². The maximum Gasteiger partial charge on any atom is 0.319 e. The molecule has 122 valence electrons. The molecule has 2 aromatic rings. The van der Waals surface area contributed by atoms with Gasteiger partial charge in [-0.25, -0.2) is 4.79 Å². The fraction of sp³-hybridized carbons (Fsp3) is 0.438. The van der Waals surface area contributed by atoms with Crippen molar-refractivity contribution in [3.8, 4) is 11.5 Å². The Morgan fingerprint density at radius 1 is 1.35 bits per heavy atom. The molecular weight excluding hydrogens is 296 g/mol. The van der Waals surface area contributed by atoms with Crippen LogP contribution in [0.4, 0.5) is 10.5 Å². The Bertz CT molecular complexity index is 665. The van der Waals surface area contributed by atoms with Crippen LogP contribution in [0.5, 0.6) is 0 Å². The Hall–Kier alpha value is -2.41. The lowest BCUT2D eigenvalue weighted by Crippen LogP contribution is -2.41. The highest BCUT2D eigenvalue weighted by Gasteiger charge is 2.16. The Balaban J connectivity index is 1.63. The third-order valence-electron chi connectivity index (χ3n) is 3.71. The van der Waals surface area contributed by atoms with Gasteiger partial charge >= 0.3 is 6.03 Å². The number of anilines is 1. The molecule has 2 heterocycles. The molecule has 1 aromatic heterocycles. The summed E-state index contributed by atoms with van der Waals surface area (Å²) in [5.41, 5.74) is 1.46. The summed E-state index contributed by atoms with van der Waals surface area (Å²) in [7, 11) is 0. The van der Waals surface area contributed by atoms with Crippen molar-refractivity contribution in [3.05, 3.63) is 30.1 Å². The van der Waals surface area contributed by atoms with Gasteiger partial charge in [-0.1, -0.05) is 18.1 Å². The molecule has 2 amide bonds. The molecule has 23 heavy (non-hydrogen) atoms. The first-order valence-electron chi connectivity index (χ1n) is 7.83. The maximum absolute atomic E-state index is 12.1. The molecule has 0 spiro atoms. The van der Waals surface area contributed by atoms with Crippen LogP contribution in [0.1, 0.15) is 25.6 Å². The standard InChI is InChI=1S/C16H20N4O3/c1-2-14-19-15(23-20-14)11-4-3-5-13(10-11)18-16(21)17-12-6-8-22-9-7-12/h3-5,10,12H,2,6-9H2,1H3,(H2,17,18,21). The average Bonchev–Trinajstić information content (AvgIpc) is 3.05. The van der Waals surface area contributed by atoms with Crippen LogP contribution in [0.15, 0.2) is 28.8 Å². The second-order valence-corrected chi connectivity index (χ2v) is 5.44. The fourth-order valence-electron chi connectivity index (χ4n) is 2.44. The summed E-state index contributed by atoms with van der Waals surface area (Å²) in [5.74, 6) is 1.12. The Labute approximate surface area is 134 Å². The molecule has 1 fully saturated rings. The first kappa shape index (κ1) is 15.5. The third kappa shape index (κ3) is 4.07. The first-order valence-corrected chi connectivity index (χ1v) is 7.83. The molecule has 1 aromatic carbocycles. The van der Waals surface area contributed by atoms with Crippen molar-refractivity contribution < 1.29 is 14.1 Å². The summed E-state index contributed by atoms with van der Waals surface area (Å²) in [5, 5.41) is 9.68. The van der Waals surface area contributed by atoms with Crippen molar-refractivity contribution in [1.29, 1.82) is 0 Å². The topological polar surface area (TPSA) is 89.3 Å². The predicted octanol–water partition coefficient (Wildman–Crippen LogP) is 2.60. The number of hydrogen-bond acceptors (Lipinski definition) is 5. The first-order chi connectivity index (χ1) is 11.2. The highest BCUT2D eigenvalue weighted by Crippen LogP contribution is 2.21. The minimum Gasteiger partial charge on any atom is -0.381 e. The Morgan fingerprint density at radius 2 is 2.17 bits per heavy atom. The molecule has 0 atom stereocenters. The van der Waals surface area contributed by atoms with E-state index in [1.54, 1.807) is 0 Å². The lowest BCUT2D eigenvalue weighted by Gasteiger charge is -2.23. The number of aryl methyl sites for hydroxylation is 1. The molecule has 1 aliphatic rings. The number of nitrogens with zero attached hydrogens (tertiary/aromatic N) is 2.